The molecule has 0 unspecified atom stereocenters. The van der Waals surface area contributed by atoms with Crippen molar-refractivity contribution < 1.29 is 14.3 Å². The molecule has 2 rings (SSSR count). The lowest BCUT2D eigenvalue weighted by Crippen LogP contribution is -2.34. The Morgan fingerprint density at radius 3 is 2.35 bits per heavy atom. The minimum Gasteiger partial charge on any atom is -0.465 e. The molecule has 0 aliphatic rings. The van der Waals surface area contributed by atoms with E-state index in [1.807, 2.05) is 26.0 Å². The summed E-state index contributed by atoms with van der Waals surface area (Å²) < 4.78 is 4.71. The first kappa shape index (κ1) is 19.6. The minimum atomic E-state index is -0.526. The van der Waals surface area contributed by atoms with Crippen LogP contribution < -0.4 is 10.6 Å². The molecule has 26 heavy (non-hydrogen) atoms. The summed E-state index contributed by atoms with van der Waals surface area (Å²) >= 11 is 6.22. The van der Waals surface area contributed by atoms with Crippen LogP contribution in [0.3, 0.4) is 0 Å². The fraction of sp³-hybridized carbons (Fsp3) is 0.222. The molecule has 0 radical (unpaired) electrons. The van der Waals surface area contributed by atoms with Gasteiger partial charge >= 0.3 is 5.97 Å². The summed E-state index contributed by atoms with van der Waals surface area (Å²) in [5.74, 6) is -0.878. The molecule has 0 atom stereocenters. The van der Waals surface area contributed by atoms with Crippen LogP contribution in [0.4, 0.5) is 5.00 Å². The Balaban J connectivity index is 2.19. The van der Waals surface area contributed by atoms with Crippen molar-refractivity contribution >= 4 is 45.5 Å². The van der Waals surface area contributed by atoms with Gasteiger partial charge < -0.3 is 10.1 Å². The van der Waals surface area contributed by atoms with Gasteiger partial charge in [-0.25, -0.2) is 4.79 Å². The Morgan fingerprint density at radius 2 is 1.81 bits per heavy atom. The van der Waals surface area contributed by atoms with Gasteiger partial charge in [-0.1, -0.05) is 17.2 Å². The van der Waals surface area contributed by atoms with Gasteiger partial charge in [-0.2, -0.15) is 5.26 Å². The number of thiocarbonyl (C=S) groups is 1. The van der Waals surface area contributed by atoms with Gasteiger partial charge in [0.05, 0.1) is 12.7 Å². The molecule has 1 heterocycles. The number of thiophene rings is 1. The number of hydrogen-bond acceptors (Lipinski definition) is 6. The number of hydrogen-bond donors (Lipinski definition) is 2. The van der Waals surface area contributed by atoms with Crippen LogP contribution >= 0.6 is 23.6 Å². The predicted molar refractivity (Wildman–Crippen MR) is 105 cm³/mol. The van der Waals surface area contributed by atoms with E-state index in [1.165, 1.54) is 7.11 Å². The molecule has 0 spiro atoms. The van der Waals surface area contributed by atoms with Gasteiger partial charge in [-0.05, 0) is 50.7 Å². The zero-order chi connectivity index (χ0) is 19.4. The van der Waals surface area contributed by atoms with Gasteiger partial charge in [-0.15, -0.1) is 11.3 Å². The fourth-order valence-corrected chi connectivity index (χ4v) is 3.78. The first-order chi connectivity index (χ1) is 12.3. The van der Waals surface area contributed by atoms with E-state index >= 15 is 0 Å². The molecule has 0 aliphatic heterocycles. The highest BCUT2D eigenvalue weighted by Crippen LogP contribution is 2.32. The number of ether oxygens (including phenoxy) is 1. The summed E-state index contributed by atoms with van der Waals surface area (Å²) in [7, 11) is 1.27. The highest BCUT2D eigenvalue weighted by Gasteiger charge is 2.21. The number of methoxy groups -OCH3 is 1. The molecule has 0 saturated carbocycles. The van der Waals surface area contributed by atoms with Crippen LogP contribution in [-0.2, 0) is 4.74 Å². The maximum Gasteiger partial charge on any atom is 0.348 e. The van der Waals surface area contributed by atoms with Crippen molar-refractivity contribution in [3.63, 3.8) is 0 Å². The Hall–Kier alpha value is -2.76. The molecule has 0 fully saturated rings. The van der Waals surface area contributed by atoms with Crippen LogP contribution in [0.1, 0.15) is 42.3 Å². The van der Waals surface area contributed by atoms with Crippen molar-refractivity contribution in [1.82, 2.24) is 5.32 Å². The van der Waals surface area contributed by atoms with Crippen LogP contribution in [-0.4, -0.2) is 24.1 Å². The number of carbonyl (C=O) groups is 2. The summed E-state index contributed by atoms with van der Waals surface area (Å²) in [6.07, 6.45) is 0. The molecule has 0 bridgehead atoms. The average molecular weight is 387 g/mol. The molecule has 1 aromatic carbocycles. The Morgan fingerprint density at radius 1 is 1.19 bits per heavy atom. The lowest BCUT2D eigenvalue weighted by molar-refractivity contribution is 0.0605. The van der Waals surface area contributed by atoms with Crippen LogP contribution in [0, 0.1) is 32.1 Å². The number of benzene rings is 1. The Labute approximate surface area is 160 Å². The lowest BCUT2D eigenvalue weighted by Gasteiger charge is -2.09. The molecule has 0 aliphatic carbocycles. The number of amides is 1. The van der Waals surface area contributed by atoms with Gasteiger partial charge in [-0.3, -0.25) is 10.1 Å². The number of aryl methyl sites for hydroxylation is 2. The largest absolute Gasteiger partial charge is 0.465 e. The second-order valence-electron chi connectivity index (χ2n) is 5.65. The number of carbonyl (C=O) groups excluding carboxylic acids is 2. The molecule has 8 heteroatoms. The van der Waals surface area contributed by atoms with E-state index in [2.05, 4.69) is 10.6 Å². The number of esters is 1. The first-order valence-corrected chi connectivity index (χ1v) is 8.81. The Bertz CT molecular complexity index is 922. The predicted octanol–water partition coefficient (Wildman–Crippen LogP) is 3.46. The summed E-state index contributed by atoms with van der Waals surface area (Å²) in [4.78, 5) is 24.4. The first-order valence-electron chi connectivity index (χ1n) is 7.59. The quantitative estimate of drug-likeness (QED) is 0.619. The van der Waals surface area contributed by atoms with E-state index < -0.39 is 5.97 Å². The van der Waals surface area contributed by atoms with Crippen molar-refractivity contribution in [2.24, 2.45) is 0 Å². The summed E-state index contributed by atoms with van der Waals surface area (Å²) in [5.41, 5.74) is 3.23. The molecule has 1 aromatic heterocycles. The maximum atomic E-state index is 12.4. The van der Waals surface area contributed by atoms with Gasteiger partial charge in [0.15, 0.2) is 5.11 Å². The molecule has 134 valence electrons. The van der Waals surface area contributed by atoms with Gasteiger partial charge in [0.1, 0.15) is 15.9 Å². The SMILES string of the molecule is COC(=O)c1sc(NC(=S)NC(=O)c2cc(C)cc(C)c2)c(C#N)c1C. The number of nitriles is 1. The number of anilines is 1. The zero-order valence-electron chi connectivity index (χ0n) is 14.7. The molecule has 2 N–H and O–H groups in total. The molecular formula is C18H17N3O3S2. The van der Waals surface area contributed by atoms with Crippen molar-refractivity contribution in [3.8, 4) is 6.07 Å². The van der Waals surface area contributed by atoms with E-state index in [0.29, 0.717) is 26.6 Å². The van der Waals surface area contributed by atoms with Gasteiger partial charge in [0.2, 0.25) is 0 Å². The van der Waals surface area contributed by atoms with Gasteiger partial charge in [0, 0.05) is 5.56 Å². The van der Waals surface area contributed by atoms with Crippen LogP contribution in [0.5, 0.6) is 0 Å². The summed E-state index contributed by atoms with van der Waals surface area (Å²) in [6.45, 7) is 5.47. The molecule has 2 aromatic rings. The topological polar surface area (TPSA) is 91.2 Å². The molecular weight excluding hydrogens is 370 g/mol. The fourth-order valence-electron chi connectivity index (χ4n) is 2.44. The number of rotatable bonds is 3. The maximum absolute atomic E-state index is 12.4. The van der Waals surface area contributed by atoms with Crippen molar-refractivity contribution in [2.75, 3.05) is 12.4 Å². The second kappa shape index (κ2) is 8.08. The summed E-state index contributed by atoms with van der Waals surface area (Å²) in [6, 6.07) is 7.52. The number of nitrogens with one attached hydrogen (secondary N) is 2. The van der Waals surface area contributed by atoms with E-state index in [-0.39, 0.29) is 11.0 Å². The van der Waals surface area contributed by atoms with Crippen LogP contribution in [0.15, 0.2) is 18.2 Å². The normalized spacial score (nSPS) is 9.96. The smallest absolute Gasteiger partial charge is 0.348 e. The van der Waals surface area contributed by atoms with Crippen LogP contribution in [0.2, 0.25) is 0 Å². The van der Waals surface area contributed by atoms with Crippen molar-refractivity contribution in [2.45, 2.75) is 20.8 Å². The lowest BCUT2D eigenvalue weighted by atomic mass is 10.1. The van der Waals surface area contributed by atoms with E-state index in [9.17, 15) is 14.9 Å². The molecule has 0 saturated heterocycles. The zero-order valence-corrected chi connectivity index (χ0v) is 16.4. The molecule has 6 nitrogen and oxygen atoms in total. The van der Waals surface area contributed by atoms with Gasteiger partial charge in [0.25, 0.3) is 5.91 Å². The minimum absolute atomic E-state index is 0.0447. The van der Waals surface area contributed by atoms with Crippen molar-refractivity contribution in [3.05, 3.63) is 50.9 Å². The standard InChI is InChI=1S/C18H17N3O3S2/c1-9-5-10(2)7-12(6-9)15(22)20-18(25)21-16-13(8-19)11(3)14(26-16)17(23)24-4/h5-7H,1-4H3,(H2,20,21,22,25). The second-order valence-corrected chi connectivity index (χ2v) is 7.08. The Kier molecular flexibility index (Phi) is 6.08. The monoisotopic (exact) mass is 387 g/mol. The highest BCUT2D eigenvalue weighted by molar-refractivity contribution is 7.80. The van der Waals surface area contributed by atoms with E-state index in [1.54, 1.807) is 19.1 Å². The van der Waals surface area contributed by atoms with E-state index in [0.717, 1.165) is 22.5 Å². The third-order valence-electron chi connectivity index (χ3n) is 3.57. The number of nitrogens with zero attached hydrogens (tertiary/aromatic N) is 1. The molecule has 1 amide bonds. The third-order valence-corrected chi connectivity index (χ3v) is 4.96. The van der Waals surface area contributed by atoms with E-state index in [4.69, 9.17) is 17.0 Å². The summed E-state index contributed by atoms with van der Waals surface area (Å²) in [5, 5.41) is 15.2. The van der Waals surface area contributed by atoms with Crippen LogP contribution in [0.25, 0.3) is 0 Å². The van der Waals surface area contributed by atoms with Crippen molar-refractivity contribution in [1.29, 1.82) is 5.26 Å². The highest BCUT2D eigenvalue weighted by atomic mass is 32.1. The average Bonchev–Trinajstić information content (AvgIpc) is 2.88. The third kappa shape index (κ3) is 4.25.